The van der Waals surface area contributed by atoms with Crippen molar-refractivity contribution in [3.8, 4) is 0 Å². The van der Waals surface area contributed by atoms with Crippen LogP contribution in [0.1, 0.15) is 6.42 Å². The number of hydrogen-bond acceptors (Lipinski definition) is 2. The minimum absolute atomic E-state index is 0.109. The van der Waals surface area contributed by atoms with E-state index < -0.39 is 0 Å². The van der Waals surface area contributed by atoms with Gasteiger partial charge in [-0.1, -0.05) is 12.1 Å². The molecular formula is C10H11FN2O. The molecule has 1 atom stereocenters. The number of carbonyl (C=O) groups excluding carboxylic acids is 1. The molecule has 0 spiro atoms. The minimum Gasteiger partial charge on any atom is -0.326 e. The van der Waals surface area contributed by atoms with Gasteiger partial charge >= 0.3 is 0 Å². The van der Waals surface area contributed by atoms with Crippen molar-refractivity contribution in [1.82, 2.24) is 0 Å². The molecule has 0 unspecified atom stereocenters. The highest BCUT2D eigenvalue weighted by Crippen LogP contribution is 2.23. The Kier molecular flexibility index (Phi) is 2.21. The molecular weight excluding hydrogens is 183 g/mol. The maximum atomic E-state index is 13.3. The molecule has 0 aliphatic carbocycles. The van der Waals surface area contributed by atoms with Crippen LogP contribution in [0.4, 0.5) is 10.1 Å². The van der Waals surface area contributed by atoms with Gasteiger partial charge in [-0.15, -0.1) is 0 Å². The van der Waals surface area contributed by atoms with Gasteiger partial charge in [-0.3, -0.25) is 4.79 Å². The summed E-state index contributed by atoms with van der Waals surface area (Å²) in [5.41, 5.74) is 5.94. The molecule has 1 aromatic rings. The number of rotatable bonds is 1. The van der Waals surface area contributed by atoms with Crippen LogP contribution in [-0.2, 0) is 4.79 Å². The van der Waals surface area contributed by atoms with Gasteiger partial charge in [0, 0.05) is 19.0 Å². The van der Waals surface area contributed by atoms with E-state index in [-0.39, 0.29) is 17.8 Å². The second kappa shape index (κ2) is 3.38. The standard InChI is InChI=1S/C10H11FN2O/c11-8-3-1-2-4-9(8)13-6-7(12)5-10(13)14/h1-4,7H,5-6,12H2/t7-/m0/s1. The minimum atomic E-state index is -0.380. The van der Waals surface area contributed by atoms with Crippen LogP contribution in [0.5, 0.6) is 0 Å². The van der Waals surface area contributed by atoms with Crippen molar-refractivity contribution in [3.63, 3.8) is 0 Å². The van der Waals surface area contributed by atoms with Gasteiger partial charge in [0.2, 0.25) is 5.91 Å². The third kappa shape index (κ3) is 1.48. The second-order valence-corrected chi connectivity index (χ2v) is 3.42. The number of para-hydroxylation sites is 1. The van der Waals surface area contributed by atoms with Crippen LogP contribution in [0.25, 0.3) is 0 Å². The van der Waals surface area contributed by atoms with Gasteiger partial charge in [-0.05, 0) is 12.1 Å². The van der Waals surface area contributed by atoms with Crippen LogP contribution in [0.2, 0.25) is 0 Å². The Morgan fingerprint density at radius 2 is 2.14 bits per heavy atom. The van der Waals surface area contributed by atoms with Crippen LogP contribution >= 0.6 is 0 Å². The zero-order chi connectivity index (χ0) is 10.1. The molecule has 4 heteroatoms. The maximum Gasteiger partial charge on any atom is 0.228 e. The summed E-state index contributed by atoms with van der Waals surface area (Å²) >= 11 is 0. The lowest BCUT2D eigenvalue weighted by atomic mass is 10.3. The van der Waals surface area contributed by atoms with Crippen molar-refractivity contribution in [2.24, 2.45) is 5.73 Å². The summed E-state index contributed by atoms with van der Waals surface area (Å²) in [6.07, 6.45) is 0.300. The van der Waals surface area contributed by atoms with E-state index >= 15 is 0 Å². The number of halogens is 1. The average molecular weight is 194 g/mol. The fourth-order valence-electron chi connectivity index (χ4n) is 1.64. The molecule has 2 N–H and O–H groups in total. The third-order valence-corrected chi connectivity index (χ3v) is 2.30. The number of amides is 1. The van der Waals surface area contributed by atoms with E-state index in [1.807, 2.05) is 0 Å². The summed E-state index contributed by atoms with van der Waals surface area (Å²) in [4.78, 5) is 12.8. The molecule has 3 nitrogen and oxygen atoms in total. The van der Waals surface area contributed by atoms with Crippen LogP contribution in [0.15, 0.2) is 24.3 Å². The van der Waals surface area contributed by atoms with E-state index in [1.54, 1.807) is 18.2 Å². The number of nitrogens with two attached hydrogens (primary N) is 1. The summed E-state index contributed by atoms with van der Waals surface area (Å²) < 4.78 is 13.3. The van der Waals surface area contributed by atoms with E-state index in [1.165, 1.54) is 11.0 Å². The molecule has 0 saturated carbocycles. The molecule has 1 aromatic carbocycles. The van der Waals surface area contributed by atoms with Gasteiger partial charge in [0.15, 0.2) is 0 Å². The first kappa shape index (κ1) is 9.15. The topological polar surface area (TPSA) is 46.3 Å². The van der Waals surface area contributed by atoms with Gasteiger partial charge in [0.25, 0.3) is 0 Å². The first-order valence-electron chi connectivity index (χ1n) is 4.49. The first-order valence-corrected chi connectivity index (χ1v) is 4.49. The van der Waals surface area contributed by atoms with Crippen molar-refractivity contribution in [1.29, 1.82) is 0 Å². The summed E-state index contributed by atoms with van der Waals surface area (Å²) in [7, 11) is 0. The molecule has 1 saturated heterocycles. The quantitative estimate of drug-likeness (QED) is 0.721. The van der Waals surface area contributed by atoms with Crippen LogP contribution in [0.3, 0.4) is 0 Å². The first-order chi connectivity index (χ1) is 6.68. The Labute approximate surface area is 81.3 Å². The van der Waals surface area contributed by atoms with Gasteiger partial charge in [-0.2, -0.15) is 0 Å². The molecule has 1 aliphatic heterocycles. The van der Waals surface area contributed by atoms with Crippen molar-refractivity contribution < 1.29 is 9.18 Å². The molecule has 0 bridgehead atoms. The Balaban J connectivity index is 2.32. The molecule has 1 fully saturated rings. The predicted molar refractivity (Wildman–Crippen MR) is 51.3 cm³/mol. The van der Waals surface area contributed by atoms with E-state index in [0.29, 0.717) is 18.7 Å². The lowest BCUT2D eigenvalue weighted by Gasteiger charge is -2.16. The number of anilines is 1. The summed E-state index contributed by atoms with van der Waals surface area (Å²) in [6, 6.07) is 6.05. The summed E-state index contributed by atoms with van der Waals surface area (Å²) in [5, 5.41) is 0. The lowest BCUT2D eigenvalue weighted by Crippen LogP contribution is -2.28. The van der Waals surface area contributed by atoms with E-state index in [4.69, 9.17) is 5.73 Å². The third-order valence-electron chi connectivity index (χ3n) is 2.30. The van der Waals surface area contributed by atoms with Crippen molar-refractivity contribution in [3.05, 3.63) is 30.1 Å². The molecule has 2 rings (SSSR count). The average Bonchev–Trinajstić information content (AvgIpc) is 2.46. The molecule has 0 radical (unpaired) electrons. The number of nitrogens with zero attached hydrogens (tertiary/aromatic N) is 1. The fourth-order valence-corrected chi connectivity index (χ4v) is 1.64. The second-order valence-electron chi connectivity index (χ2n) is 3.42. The van der Waals surface area contributed by atoms with Crippen molar-refractivity contribution in [2.75, 3.05) is 11.4 Å². The van der Waals surface area contributed by atoms with Crippen molar-refractivity contribution in [2.45, 2.75) is 12.5 Å². The predicted octanol–water partition coefficient (Wildman–Crippen LogP) is 0.890. The highest BCUT2D eigenvalue weighted by molar-refractivity contribution is 5.96. The fraction of sp³-hybridized carbons (Fsp3) is 0.300. The smallest absolute Gasteiger partial charge is 0.228 e. The molecule has 0 aromatic heterocycles. The zero-order valence-electron chi connectivity index (χ0n) is 7.61. The van der Waals surface area contributed by atoms with Crippen LogP contribution in [0, 0.1) is 5.82 Å². The molecule has 74 valence electrons. The number of hydrogen-bond donors (Lipinski definition) is 1. The molecule has 1 amide bonds. The summed E-state index contributed by atoms with van der Waals surface area (Å²) in [6.45, 7) is 0.403. The van der Waals surface area contributed by atoms with E-state index in [0.717, 1.165) is 0 Å². The van der Waals surface area contributed by atoms with E-state index in [9.17, 15) is 9.18 Å². The van der Waals surface area contributed by atoms with Crippen LogP contribution in [-0.4, -0.2) is 18.5 Å². The Morgan fingerprint density at radius 1 is 1.43 bits per heavy atom. The van der Waals surface area contributed by atoms with Gasteiger partial charge < -0.3 is 10.6 Å². The monoisotopic (exact) mass is 194 g/mol. The molecule has 1 heterocycles. The highest BCUT2D eigenvalue weighted by atomic mass is 19.1. The van der Waals surface area contributed by atoms with Crippen molar-refractivity contribution >= 4 is 11.6 Å². The Bertz CT molecular complexity index is 367. The SMILES string of the molecule is N[C@H]1CC(=O)N(c2ccccc2F)C1. The summed E-state index contributed by atoms with van der Waals surface area (Å²) in [5.74, 6) is -0.488. The largest absolute Gasteiger partial charge is 0.326 e. The number of carbonyl (C=O) groups is 1. The lowest BCUT2D eigenvalue weighted by molar-refractivity contribution is -0.117. The highest BCUT2D eigenvalue weighted by Gasteiger charge is 2.29. The molecule has 1 aliphatic rings. The Morgan fingerprint density at radius 3 is 2.71 bits per heavy atom. The Hall–Kier alpha value is -1.42. The van der Waals surface area contributed by atoms with Gasteiger partial charge in [0.1, 0.15) is 5.82 Å². The maximum absolute atomic E-state index is 13.3. The number of benzene rings is 1. The zero-order valence-corrected chi connectivity index (χ0v) is 7.61. The molecule has 14 heavy (non-hydrogen) atoms. The van der Waals surface area contributed by atoms with Gasteiger partial charge in [-0.25, -0.2) is 4.39 Å². The van der Waals surface area contributed by atoms with Gasteiger partial charge in [0.05, 0.1) is 5.69 Å². The normalized spacial score (nSPS) is 21.7. The van der Waals surface area contributed by atoms with E-state index in [2.05, 4.69) is 0 Å². The van der Waals surface area contributed by atoms with Crippen LogP contribution < -0.4 is 10.6 Å².